The molecule has 1 aromatic rings. The summed E-state index contributed by atoms with van der Waals surface area (Å²) in [6.45, 7) is 0.601. The van der Waals surface area contributed by atoms with Crippen LogP contribution in [0.2, 0.25) is 0 Å². The number of nitrogens with two attached hydrogens (primary N) is 1. The molecule has 0 bridgehead atoms. The zero-order valence-corrected chi connectivity index (χ0v) is 10.4. The van der Waals surface area contributed by atoms with Crippen LogP contribution < -0.4 is 11.1 Å². The molecule has 0 aliphatic rings. The lowest BCUT2D eigenvalue weighted by molar-refractivity contribution is -0.122. The summed E-state index contributed by atoms with van der Waals surface area (Å²) in [6.07, 6.45) is 5.11. The lowest BCUT2D eigenvalue weighted by Gasteiger charge is -2.09. The van der Waals surface area contributed by atoms with Crippen LogP contribution in [0.25, 0.3) is 0 Å². The molecule has 1 amide bonds. The van der Waals surface area contributed by atoms with Gasteiger partial charge in [0.05, 0.1) is 5.75 Å². The lowest BCUT2D eigenvalue weighted by Crippen LogP contribution is -2.34. The molecule has 1 rings (SSSR count). The molecule has 0 spiro atoms. The van der Waals surface area contributed by atoms with Crippen LogP contribution in [0.1, 0.15) is 10.9 Å². The van der Waals surface area contributed by atoms with Crippen molar-refractivity contribution >= 4 is 29.0 Å². The Labute approximate surface area is 104 Å². The number of carbonyl (C=O) groups is 1. The number of hydrogen-bond acceptors (Lipinski definition) is 4. The van der Waals surface area contributed by atoms with Crippen molar-refractivity contribution < 1.29 is 4.79 Å². The number of thioether (sulfide) groups is 1. The van der Waals surface area contributed by atoms with E-state index in [2.05, 4.69) is 11.2 Å². The predicted molar refractivity (Wildman–Crippen MR) is 70.4 cm³/mol. The first-order valence-electron chi connectivity index (χ1n) is 4.83. The smallest absolute Gasteiger partial charge is 0.242 e. The summed E-state index contributed by atoms with van der Waals surface area (Å²) < 4.78 is 0. The van der Waals surface area contributed by atoms with Gasteiger partial charge in [0.25, 0.3) is 0 Å². The largest absolute Gasteiger partial charge is 0.354 e. The molecule has 1 atom stereocenters. The van der Waals surface area contributed by atoms with E-state index in [-0.39, 0.29) is 5.91 Å². The fourth-order valence-corrected chi connectivity index (χ4v) is 2.32. The average Bonchev–Trinajstić information content (AvgIpc) is 2.81. The topological polar surface area (TPSA) is 55.1 Å². The summed E-state index contributed by atoms with van der Waals surface area (Å²) in [5.74, 6) is 3.88. The second-order valence-corrected chi connectivity index (χ2v) is 5.13. The van der Waals surface area contributed by atoms with Crippen molar-refractivity contribution in [3.8, 4) is 12.3 Å². The third-order valence-corrected chi connectivity index (χ3v) is 3.68. The van der Waals surface area contributed by atoms with Crippen LogP contribution in [0, 0.1) is 12.3 Å². The van der Waals surface area contributed by atoms with Crippen molar-refractivity contribution in [1.82, 2.24) is 5.32 Å². The number of nitrogens with one attached hydrogen (secondary N) is 1. The Morgan fingerprint density at radius 1 is 1.75 bits per heavy atom. The van der Waals surface area contributed by atoms with Gasteiger partial charge in [0.1, 0.15) is 6.04 Å². The summed E-state index contributed by atoms with van der Waals surface area (Å²) in [5.41, 5.74) is 5.78. The minimum Gasteiger partial charge on any atom is -0.354 e. The highest BCUT2D eigenvalue weighted by molar-refractivity contribution is 7.99. The maximum absolute atomic E-state index is 11.6. The highest BCUT2D eigenvalue weighted by Crippen LogP contribution is 2.16. The van der Waals surface area contributed by atoms with Gasteiger partial charge in [0.2, 0.25) is 5.91 Å². The number of hydrogen-bond donors (Lipinski definition) is 2. The SMILES string of the molecule is C#CCSCCNC(=O)C(N)c1cccs1. The Balaban J connectivity index is 2.23. The van der Waals surface area contributed by atoms with Gasteiger partial charge in [-0.1, -0.05) is 12.0 Å². The number of amides is 1. The molecule has 0 aliphatic carbocycles. The Morgan fingerprint density at radius 3 is 3.19 bits per heavy atom. The van der Waals surface area contributed by atoms with Crippen molar-refractivity contribution in [2.24, 2.45) is 5.73 Å². The van der Waals surface area contributed by atoms with Gasteiger partial charge in [-0.25, -0.2) is 0 Å². The van der Waals surface area contributed by atoms with Crippen molar-refractivity contribution in [2.45, 2.75) is 6.04 Å². The third-order valence-electron chi connectivity index (χ3n) is 1.86. The Hall–Kier alpha value is -0.960. The van der Waals surface area contributed by atoms with Gasteiger partial charge in [-0.2, -0.15) is 0 Å². The maximum atomic E-state index is 11.6. The molecule has 0 aromatic carbocycles. The molecule has 16 heavy (non-hydrogen) atoms. The number of rotatable bonds is 6. The van der Waals surface area contributed by atoms with Crippen LogP contribution in [0.5, 0.6) is 0 Å². The first-order valence-corrected chi connectivity index (χ1v) is 6.87. The first kappa shape index (κ1) is 13.1. The Bertz CT molecular complexity index is 357. The predicted octanol–water partition coefficient (Wildman–Crippen LogP) is 1.23. The molecule has 0 aliphatic heterocycles. The number of thiophene rings is 1. The third kappa shape index (κ3) is 4.27. The van der Waals surface area contributed by atoms with Gasteiger partial charge in [-0.15, -0.1) is 29.5 Å². The molecule has 3 N–H and O–H groups in total. The highest BCUT2D eigenvalue weighted by atomic mass is 32.2. The normalized spacial score (nSPS) is 11.8. The fraction of sp³-hybridized carbons (Fsp3) is 0.364. The molecule has 0 fully saturated rings. The average molecular weight is 254 g/mol. The van der Waals surface area contributed by atoms with Crippen LogP contribution in [0.15, 0.2) is 17.5 Å². The molecule has 3 nitrogen and oxygen atoms in total. The lowest BCUT2D eigenvalue weighted by atomic mass is 10.2. The monoisotopic (exact) mass is 254 g/mol. The van der Waals surface area contributed by atoms with Crippen LogP contribution in [0.3, 0.4) is 0 Å². The summed E-state index contributed by atoms with van der Waals surface area (Å²) in [5, 5.41) is 4.69. The minimum absolute atomic E-state index is 0.135. The van der Waals surface area contributed by atoms with Crippen LogP contribution in [-0.2, 0) is 4.79 Å². The summed E-state index contributed by atoms with van der Waals surface area (Å²) in [7, 11) is 0. The molecule has 0 saturated heterocycles. The van der Waals surface area contributed by atoms with Crippen molar-refractivity contribution in [3.05, 3.63) is 22.4 Å². The van der Waals surface area contributed by atoms with E-state index in [0.717, 1.165) is 10.6 Å². The van der Waals surface area contributed by atoms with Crippen LogP contribution in [0.4, 0.5) is 0 Å². The van der Waals surface area contributed by atoms with E-state index in [1.807, 2.05) is 17.5 Å². The van der Waals surface area contributed by atoms with E-state index in [4.69, 9.17) is 12.2 Å². The van der Waals surface area contributed by atoms with Gasteiger partial charge in [-0.05, 0) is 11.4 Å². The zero-order valence-electron chi connectivity index (χ0n) is 8.81. The molecular formula is C11H14N2OS2. The second kappa shape index (κ2) is 7.34. The molecular weight excluding hydrogens is 240 g/mol. The van der Waals surface area contributed by atoms with E-state index >= 15 is 0 Å². The fourth-order valence-electron chi connectivity index (χ4n) is 1.08. The van der Waals surface area contributed by atoms with Crippen molar-refractivity contribution in [2.75, 3.05) is 18.1 Å². The van der Waals surface area contributed by atoms with E-state index in [1.165, 1.54) is 11.3 Å². The molecule has 1 unspecified atom stereocenters. The number of carbonyl (C=O) groups excluding carboxylic acids is 1. The molecule has 5 heteroatoms. The molecule has 1 heterocycles. The van der Waals surface area contributed by atoms with Crippen LogP contribution >= 0.6 is 23.1 Å². The van der Waals surface area contributed by atoms with Crippen molar-refractivity contribution in [1.29, 1.82) is 0 Å². The number of terminal acetylenes is 1. The molecule has 86 valence electrons. The Morgan fingerprint density at radius 2 is 2.56 bits per heavy atom. The van der Waals surface area contributed by atoms with Gasteiger partial charge in [0, 0.05) is 17.2 Å². The summed E-state index contributed by atoms with van der Waals surface area (Å²) >= 11 is 3.10. The van der Waals surface area contributed by atoms with Gasteiger partial charge < -0.3 is 11.1 Å². The quantitative estimate of drug-likeness (QED) is 0.593. The first-order chi connectivity index (χ1) is 7.75. The summed E-state index contributed by atoms with van der Waals surface area (Å²) in [6, 6.07) is 3.19. The van der Waals surface area contributed by atoms with E-state index in [9.17, 15) is 4.79 Å². The van der Waals surface area contributed by atoms with E-state index < -0.39 is 6.04 Å². The van der Waals surface area contributed by atoms with E-state index in [0.29, 0.717) is 12.3 Å². The minimum atomic E-state index is -0.558. The standard InChI is InChI=1S/C11H14N2OS2/c1-2-6-15-8-5-13-11(14)10(12)9-4-3-7-16-9/h1,3-4,7,10H,5-6,8,12H2,(H,13,14). The van der Waals surface area contributed by atoms with Gasteiger partial charge in [-0.3, -0.25) is 4.79 Å². The second-order valence-electron chi connectivity index (χ2n) is 3.04. The maximum Gasteiger partial charge on any atom is 0.242 e. The Kier molecular flexibility index (Phi) is 6.01. The van der Waals surface area contributed by atoms with Crippen LogP contribution in [-0.4, -0.2) is 24.0 Å². The molecule has 1 aromatic heterocycles. The molecule has 0 saturated carbocycles. The van der Waals surface area contributed by atoms with E-state index in [1.54, 1.807) is 11.8 Å². The van der Waals surface area contributed by atoms with Crippen molar-refractivity contribution in [3.63, 3.8) is 0 Å². The van der Waals surface area contributed by atoms with Gasteiger partial charge in [0.15, 0.2) is 0 Å². The summed E-state index contributed by atoms with van der Waals surface area (Å²) in [4.78, 5) is 12.5. The molecule has 0 radical (unpaired) electrons. The zero-order chi connectivity index (χ0) is 11.8. The van der Waals surface area contributed by atoms with Gasteiger partial charge >= 0.3 is 0 Å². The highest BCUT2D eigenvalue weighted by Gasteiger charge is 2.15.